The summed E-state index contributed by atoms with van der Waals surface area (Å²) in [6.45, 7) is 0. The third-order valence-corrected chi connectivity index (χ3v) is 3.63. The number of thiophene rings is 1. The van der Waals surface area contributed by atoms with Gasteiger partial charge < -0.3 is 0 Å². The van der Waals surface area contributed by atoms with Gasteiger partial charge in [-0.25, -0.2) is 13.2 Å². The fourth-order valence-corrected chi connectivity index (χ4v) is 2.80. The summed E-state index contributed by atoms with van der Waals surface area (Å²) in [5, 5.41) is 0. The van der Waals surface area contributed by atoms with Crippen LogP contribution in [0.5, 0.6) is 0 Å². The van der Waals surface area contributed by atoms with Gasteiger partial charge in [0.15, 0.2) is 23.2 Å². The van der Waals surface area contributed by atoms with Gasteiger partial charge in [-0.15, -0.1) is 11.3 Å². The lowest BCUT2D eigenvalue weighted by molar-refractivity contribution is 0.103. The molecular weight excluding hydrogens is 308 g/mol. The second-order valence-electron chi connectivity index (χ2n) is 3.32. The molecule has 0 saturated heterocycles. The van der Waals surface area contributed by atoms with Crippen LogP contribution >= 0.6 is 34.5 Å². The molecule has 0 radical (unpaired) electrons. The molecule has 1 aromatic heterocycles. The Morgan fingerprint density at radius 2 is 1.61 bits per heavy atom. The van der Waals surface area contributed by atoms with Crippen LogP contribution in [0.4, 0.5) is 13.2 Å². The highest BCUT2D eigenvalue weighted by Crippen LogP contribution is 2.32. The quantitative estimate of drug-likeness (QED) is 0.580. The van der Waals surface area contributed by atoms with Crippen molar-refractivity contribution in [3.05, 3.63) is 55.5 Å². The van der Waals surface area contributed by atoms with E-state index in [2.05, 4.69) is 0 Å². The Balaban J connectivity index is 2.50. The summed E-state index contributed by atoms with van der Waals surface area (Å²) in [5.74, 6) is -5.21. The zero-order valence-electron chi connectivity index (χ0n) is 8.44. The highest BCUT2D eigenvalue weighted by Gasteiger charge is 2.20. The third-order valence-electron chi connectivity index (χ3n) is 2.15. The van der Waals surface area contributed by atoms with Gasteiger partial charge in [-0.2, -0.15) is 0 Å². The molecule has 94 valence electrons. The number of hydrogen-bond donors (Lipinski definition) is 0. The minimum atomic E-state index is -1.62. The van der Waals surface area contributed by atoms with Gasteiger partial charge in [0.05, 0.1) is 9.90 Å². The van der Waals surface area contributed by atoms with Crippen molar-refractivity contribution in [2.24, 2.45) is 0 Å². The van der Waals surface area contributed by atoms with E-state index >= 15 is 0 Å². The molecule has 7 heteroatoms. The van der Waals surface area contributed by atoms with Crippen molar-refractivity contribution in [1.82, 2.24) is 0 Å². The molecular formula is C11H3Cl2F3OS. The van der Waals surface area contributed by atoms with Crippen LogP contribution in [-0.2, 0) is 0 Å². The van der Waals surface area contributed by atoms with Crippen molar-refractivity contribution in [1.29, 1.82) is 0 Å². The molecule has 1 nitrogen and oxygen atoms in total. The van der Waals surface area contributed by atoms with Gasteiger partial charge >= 0.3 is 0 Å². The predicted molar refractivity (Wildman–Crippen MR) is 64.1 cm³/mol. The molecule has 1 heterocycles. The van der Waals surface area contributed by atoms with Gasteiger partial charge in [0.1, 0.15) is 4.34 Å². The largest absolute Gasteiger partial charge is 0.289 e. The number of carbonyl (C=O) groups excluding carboxylic acids is 1. The van der Waals surface area contributed by atoms with E-state index in [0.717, 1.165) is 11.3 Å². The zero-order valence-corrected chi connectivity index (χ0v) is 10.8. The third kappa shape index (κ3) is 2.39. The second-order valence-corrected chi connectivity index (χ2v) is 5.61. The Morgan fingerprint density at radius 3 is 2.06 bits per heavy atom. The van der Waals surface area contributed by atoms with E-state index in [1.54, 1.807) is 0 Å². The van der Waals surface area contributed by atoms with Crippen molar-refractivity contribution >= 4 is 40.3 Å². The van der Waals surface area contributed by atoms with Crippen LogP contribution in [0.2, 0.25) is 8.67 Å². The molecule has 2 aromatic rings. The highest BCUT2D eigenvalue weighted by molar-refractivity contribution is 7.20. The average Bonchev–Trinajstić information content (AvgIpc) is 2.63. The average molecular weight is 311 g/mol. The van der Waals surface area contributed by atoms with Crippen LogP contribution in [0.3, 0.4) is 0 Å². The van der Waals surface area contributed by atoms with Gasteiger partial charge in [-0.05, 0) is 18.2 Å². The maximum atomic E-state index is 13.0. The minimum Gasteiger partial charge on any atom is -0.289 e. The normalized spacial score (nSPS) is 10.7. The molecule has 0 N–H and O–H groups in total. The highest BCUT2D eigenvalue weighted by atomic mass is 35.5. The second kappa shape index (κ2) is 4.91. The molecule has 1 aromatic carbocycles. The van der Waals surface area contributed by atoms with Crippen LogP contribution in [0.25, 0.3) is 0 Å². The van der Waals surface area contributed by atoms with Gasteiger partial charge in [0.2, 0.25) is 0 Å². The van der Waals surface area contributed by atoms with E-state index in [-0.39, 0.29) is 19.8 Å². The maximum absolute atomic E-state index is 13.0. The molecule has 2 rings (SSSR count). The van der Waals surface area contributed by atoms with Crippen LogP contribution < -0.4 is 0 Å². The number of benzene rings is 1. The van der Waals surface area contributed by atoms with E-state index in [9.17, 15) is 18.0 Å². The fraction of sp³-hybridized carbons (Fsp3) is 0. The van der Waals surface area contributed by atoms with Gasteiger partial charge in [-0.3, -0.25) is 4.79 Å². The maximum Gasteiger partial charge on any atom is 0.195 e. The minimum absolute atomic E-state index is 0.0251. The standard InChI is InChI=1S/C11H3Cl2F3OS/c12-8-3-5(11(13)18-8)10(17)4-1-6(14)9(16)7(15)2-4/h1-3H. The molecule has 0 atom stereocenters. The van der Waals surface area contributed by atoms with Gasteiger partial charge in [-0.1, -0.05) is 23.2 Å². The number of hydrogen-bond acceptors (Lipinski definition) is 2. The molecule has 18 heavy (non-hydrogen) atoms. The van der Waals surface area contributed by atoms with Crippen LogP contribution in [0.15, 0.2) is 18.2 Å². The SMILES string of the molecule is O=C(c1cc(F)c(F)c(F)c1)c1cc(Cl)sc1Cl. The summed E-state index contributed by atoms with van der Waals surface area (Å²) >= 11 is 12.4. The van der Waals surface area contributed by atoms with Gasteiger partial charge in [0.25, 0.3) is 0 Å². The lowest BCUT2D eigenvalue weighted by Gasteiger charge is -2.01. The molecule has 0 bridgehead atoms. The topological polar surface area (TPSA) is 17.1 Å². The summed E-state index contributed by atoms with van der Waals surface area (Å²) in [5.41, 5.74) is -0.306. The lowest BCUT2D eigenvalue weighted by Crippen LogP contribution is -2.04. The molecule has 0 amide bonds. The van der Waals surface area contributed by atoms with Crippen LogP contribution in [-0.4, -0.2) is 5.78 Å². The number of rotatable bonds is 2. The van der Waals surface area contributed by atoms with E-state index in [1.165, 1.54) is 6.07 Å². The van der Waals surface area contributed by atoms with Crippen molar-refractivity contribution in [3.63, 3.8) is 0 Å². The smallest absolute Gasteiger partial charge is 0.195 e. The number of ketones is 1. The monoisotopic (exact) mass is 310 g/mol. The van der Waals surface area contributed by atoms with E-state index in [1.807, 2.05) is 0 Å². The zero-order chi connectivity index (χ0) is 13.4. The Bertz CT molecular complexity index is 616. The van der Waals surface area contributed by atoms with Crippen molar-refractivity contribution < 1.29 is 18.0 Å². The summed E-state index contributed by atoms with van der Waals surface area (Å²) in [6.07, 6.45) is 0. The first-order chi connectivity index (χ1) is 8.40. The molecule has 0 spiro atoms. The first kappa shape index (κ1) is 13.4. The fourth-order valence-electron chi connectivity index (χ4n) is 1.34. The van der Waals surface area contributed by atoms with Crippen molar-refractivity contribution in [2.75, 3.05) is 0 Å². The first-order valence-corrected chi connectivity index (χ1v) is 6.11. The van der Waals surface area contributed by atoms with E-state index < -0.39 is 23.2 Å². The van der Waals surface area contributed by atoms with E-state index in [0.29, 0.717) is 12.1 Å². The molecule has 0 aliphatic carbocycles. The summed E-state index contributed by atoms with van der Waals surface area (Å²) < 4.78 is 39.1. The van der Waals surface area contributed by atoms with Crippen molar-refractivity contribution in [3.8, 4) is 0 Å². The molecule has 0 aliphatic heterocycles. The summed E-state index contributed by atoms with van der Waals surface area (Å²) in [7, 11) is 0. The van der Waals surface area contributed by atoms with Crippen molar-refractivity contribution in [2.45, 2.75) is 0 Å². The van der Waals surface area contributed by atoms with Gasteiger partial charge in [0, 0.05) is 5.56 Å². The van der Waals surface area contributed by atoms with Crippen LogP contribution in [0.1, 0.15) is 15.9 Å². The Morgan fingerprint density at radius 1 is 1.06 bits per heavy atom. The first-order valence-electron chi connectivity index (χ1n) is 4.54. The number of halogens is 5. The molecule has 0 saturated carbocycles. The molecule has 0 unspecified atom stereocenters. The van der Waals surface area contributed by atoms with E-state index in [4.69, 9.17) is 23.2 Å². The Kier molecular flexibility index (Phi) is 3.66. The summed E-state index contributed by atoms with van der Waals surface area (Å²) in [4.78, 5) is 11.9. The Labute approximate surface area is 114 Å². The predicted octanol–water partition coefficient (Wildman–Crippen LogP) is 4.70. The lowest BCUT2D eigenvalue weighted by atomic mass is 10.1. The Hall–Kier alpha value is -1.04. The van der Waals surface area contributed by atoms with Crippen LogP contribution in [0, 0.1) is 17.5 Å². The molecule has 0 aliphatic rings. The summed E-state index contributed by atoms with van der Waals surface area (Å²) in [6, 6.07) is 2.52. The number of carbonyl (C=O) groups is 1. The molecule has 0 fully saturated rings.